The molecule has 5 nitrogen and oxygen atoms in total. The first-order valence-electron chi connectivity index (χ1n) is 6.32. The van der Waals surface area contributed by atoms with Gasteiger partial charge in [0.1, 0.15) is 4.88 Å². The number of fused-ring (bicyclic) bond motifs is 1. The fourth-order valence-electron chi connectivity index (χ4n) is 2.92. The fourth-order valence-corrected chi connectivity index (χ4v) is 3.71. The quantitative estimate of drug-likeness (QED) is 0.835. The van der Waals surface area contributed by atoms with Gasteiger partial charge in [0.2, 0.25) is 0 Å². The van der Waals surface area contributed by atoms with Gasteiger partial charge >= 0.3 is 0 Å². The number of aryl methyl sites for hydroxylation is 1. The molecule has 1 saturated heterocycles. The molecule has 1 aliphatic carbocycles. The number of ether oxygens (including phenoxy) is 1. The van der Waals surface area contributed by atoms with Gasteiger partial charge in [0.05, 0.1) is 24.4 Å². The van der Waals surface area contributed by atoms with Crippen LogP contribution in [0, 0.1) is 6.92 Å². The van der Waals surface area contributed by atoms with E-state index in [9.17, 15) is 4.79 Å². The van der Waals surface area contributed by atoms with Crippen LogP contribution >= 0.6 is 11.3 Å². The zero-order valence-corrected chi connectivity index (χ0v) is 11.2. The fraction of sp³-hybridized carbons (Fsp3) is 0.667. The molecule has 1 aromatic rings. The maximum Gasteiger partial charge on any atom is 0.266 e. The second-order valence-corrected chi connectivity index (χ2v) is 5.90. The molecule has 1 aliphatic heterocycles. The predicted molar refractivity (Wildman–Crippen MR) is 69.7 cm³/mol. The lowest BCUT2D eigenvalue weighted by atomic mass is 10.1. The lowest BCUT2D eigenvalue weighted by Gasteiger charge is -2.37. The molecule has 18 heavy (non-hydrogen) atoms. The van der Waals surface area contributed by atoms with E-state index in [-0.39, 0.29) is 18.1 Å². The Morgan fingerprint density at radius 1 is 1.56 bits per heavy atom. The molecule has 0 radical (unpaired) electrons. The maximum absolute atomic E-state index is 12.6. The van der Waals surface area contributed by atoms with Crippen molar-refractivity contribution in [2.75, 3.05) is 18.9 Å². The molecular weight excluding hydrogens is 250 g/mol. The van der Waals surface area contributed by atoms with Crippen molar-refractivity contribution < 1.29 is 9.53 Å². The van der Waals surface area contributed by atoms with Gasteiger partial charge in [-0.2, -0.15) is 0 Å². The summed E-state index contributed by atoms with van der Waals surface area (Å²) in [6.07, 6.45) is 3.48. The van der Waals surface area contributed by atoms with Gasteiger partial charge in [-0.25, -0.2) is 4.98 Å². The van der Waals surface area contributed by atoms with Crippen LogP contribution in [0.5, 0.6) is 0 Å². The van der Waals surface area contributed by atoms with Crippen molar-refractivity contribution in [1.29, 1.82) is 0 Å². The molecule has 2 atom stereocenters. The zero-order chi connectivity index (χ0) is 12.7. The molecule has 0 spiro atoms. The number of nitrogens with zero attached hydrogens (tertiary/aromatic N) is 2. The van der Waals surface area contributed by atoms with Gasteiger partial charge in [-0.1, -0.05) is 11.3 Å². The van der Waals surface area contributed by atoms with Crippen LogP contribution in [0.4, 0.5) is 5.13 Å². The molecule has 6 heteroatoms. The highest BCUT2D eigenvalue weighted by molar-refractivity contribution is 7.17. The minimum atomic E-state index is 0.0712. The zero-order valence-electron chi connectivity index (χ0n) is 10.4. The maximum atomic E-state index is 12.6. The molecule has 98 valence electrons. The first-order valence-corrected chi connectivity index (χ1v) is 7.14. The van der Waals surface area contributed by atoms with Gasteiger partial charge in [0.25, 0.3) is 5.91 Å². The lowest BCUT2D eigenvalue weighted by Crippen LogP contribution is -2.51. The first-order chi connectivity index (χ1) is 8.66. The monoisotopic (exact) mass is 267 g/mol. The number of carbonyl (C=O) groups excluding carboxylic acids is 1. The van der Waals surface area contributed by atoms with Gasteiger partial charge < -0.3 is 15.4 Å². The number of carbonyl (C=O) groups is 1. The number of rotatable bonds is 1. The third-order valence-corrected chi connectivity index (χ3v) is 4.72. The van der Waals surface area contributed by atoms with Crippen LogP contribution in [0.25, 0.3) is 0 Å². The predicted octanol–water partition coefficient (Wildman–Crippen LogP) is 1.43. The molecule has 2 aliphatic rings. The Labute approximate surface area is 110 Å². The minimum absolute atomic E-state index is 0.0712. The standard InChI is InChI=1S/C12H17N3O2S/c1-7-10(18-12(13)14-7)11(16)15-5-6-17-9-4-2-3-8(9)15/h8-9H,2-6H2,1H3,(H2,13,14). The summed E-state index contributed by atoms with van der Waals surface area (Å²) in [6, 6.07) is 0.244. The van der Waals surface area contributed by atoms with E-state index < -0.39 is 0 Å². The molecule has 2 heterocycles. The van der Waals surface area contributed by atoms with Crippen molar-refractivity contribution in [2.24, 2.45) is 0 Å². The van der Waals surface area contributed by atoms with Crippen LogP contribution in [-0.4, -0.2) is 41.1 Å². The Hall–Kier alpha value is -1.14. The second-order valence-electron chi connectivity index (χ2n) is 4.87. The van der Waals surface area contributed by atoms with Crippen LogP contribution < -0.4 is 5.73 Å². The molecule has 3 rings (SSSR count). The van der Waals surface area contributed by atoms with Crippen molar-refractivity contribution in [3.8, 4) is 0 Å². The van der Waals surface area contributed by atoms with Crippen molar-refractivity contribution in [1.82, 2.24) is 9.88 Å². The number of anilines is 1. The van der Waals surface area contributed by atoms with E-state index >= 15 is 0 Å². The number of morpholine rings is 1. The Balaban J connectivity index is 1.85. The molecule has 1 amide bonds. The van der Waals surface area contributed by atoms with Crippen LogP contribution in [-0.2, 0) is 4.74 Å². The highest BCUT2D eigenvalue weighted by Gasteiger charge is 2.39. The van der Waals surface area contributed by atoms with Crippen molar-refractivity contribution in [3.05, 3.63) is 10.6 Å². The summed E-state index contributed by atoms with van der Waals surface area (Å²) >= 11 is 1.28. The van der Waals surface area contributed by atoms with E-state index in [4.69, 9.17) is 10.5 Å². The Kier molecular flexibility index (Phi) is 2.99. The number of nitrogens with two attached hydrogens (primary N) is 1. The topological polar surface area (TPSA) is 68.5 Å². The first kappa shape index (κ1) is 11.9. The van der Waals surface area contributed by atoms with Crippen molar-refractivity contribution in [2.45, 2.75) is 38.3 Å². The third kappa shape index (κ3) is 1.89. The van der Waals surface area contributed by atoms with Crippen LogP contribution in [0.3, 0.4) is 0 Å². The molecule has 0 bridgehead atoms. The highest BCUT2D eigenvalue weighted by Crippen LogP contribution is 2.32. The molecule has 2 fully saturated rings. The number of hydrogen-bond acceptors (Lipinski definition) is 5. The van der Waals surface area contributed by atoms with Crippen LogP contribution in [0.1, 0.15) is 34.6 Å². The summed E-state index contributed by atoms with van der Waals surface area (Å²) in [7, 11) is 0. The Morgan fingerprint density at radius 3 is 3.11 bits per heavy atom. The van der Waals surface area contributed by atoms with E-state index in [1.165, 1.54) is 11.3 Å². The van der Waals surface area contributed by atoms with Crippen LogP contribution in [0.15, 0.2) is 0 Å². The van der Waals surface area contributed by atoms with Crippen molar-refractivity contribution >= 4 is 22.4 Å². The molecule has 0 aromatic carbocycles. The van der Waals surface area contributed by atoms with Gasteiger partial charge in [-0.15, -0.1) is 0 Å². The SMILES string of the molecule is Cc1nc(N)sc1C(=O)N1CCOC2CCCC21. The summed E-state index contributed by atoms with van der Waals surface area (Å²) in [4.78, 5) is 19.3. The summed E-state index contributed by atoms with van der Waals surface area (Å²) in [5, 5.41) is 0.465. The highest BCUT2D eigenvalue weighted by atomic mass is 32.1. The molecular formula is C12H17N3O2S. The summed E-state index contributed by atoms with van der Waals surface area (Å²) in [6.45, 7) is 3.16. The van der Waals surface area contributed by atoms with Gasteiger partial charge in [-0.05, 0) is 26.2 Å². The van der Waals surface area contributed by atoms with Gasteiger partial charge in [0.15, 0.2) is 5.13 Å². The summed E-state index contributed by atoms with van der Waals surface area (Å²) in [5.41, 5.74) is 6.40. The van der Waals surface area contributed by atoms with E-state index in [0.29, 0.717) is 23.2 Å². The Bertz CT molecular complexity index is 474. The smallest absolute Gasteiger partial charge is 0.266 e. The minimum Gasteiger partial charge on any atom is -0.375 e. The average molecular weight is 267 g/mol. The second kappa shape index (κ2) is 4.51. The van der Waals surface area contributed by atoms with E-state index in [2.05, 4.69) is 4.98 Å². The van der Waals surface area contributed by atoms with E-state index in [1.54, 1.807) is 0 Å². The normalized spacial score (nSPS) is 27.3. The lowest BCUT2D eigenvalue weighted by molar-refractivity contribution is -0.0444. The van der Waals surface area contributed by atoms with E-state index in [0.717, 1.165) is 25.0 Å². The number of hydrogen-bond donors (Lipinski definition) is 1. The number of nitrogen functional groups attached to an aromatic ring is 1. The van der Waals surface area contributed by atoms with E-state index in [1.807, 2.05) is 11.8 Å². The molecule has 2 N–H and O–H groups in total. The summed E-state index contributed by atoms with van der Waals surface area (Å²) < 4.78 is 5.72. The van der Waals surface area contributed by atoms with Gasteiger partial charge in [0, 0.05) is 6.54 Å². The average Bonchev–Trinajstić information content (AvgIpc) is 2.94. The molecule has 1 aromatic heterocycles. The summed E-state index contributed by atoms with van der Waals surface area (Å²) in [5.74, 6) is 0.0712. The molecule has 2 unspecified atom stereocenters. The number of amides is 1. The molecule has 1 saturated carbocycles. The van der Waals surface area contributed by atoms with Crippen LogP contribution in [0.2, 0.25) is 0 Å². The van der Waals surface area contributed by atoms with Crippen molar-refractivity contribution in [3.63, 3.8) is 0 Å². The van der Waals surface area contributed by atoms with Gasteiger partial charge in [-0.3, -0.25) is 4.79 Å². The largest absolute Gasteiger partial charge is 0.375 e. The third-order valence-electron chi connectivity index (χ3n) is 3.75. The Morgan fingerprint density at radius 2 is 2.39 bits per heavy atom. The number of aromatic nitrogens is 1. The number of thiazole rings is 1.